The van der Waals surface area contributed by atoms with Crippen LogP contribution in [0.5, 0.6) is 0 Å². The summed E-state index contributed by atoms with van der Waals surface area (Å²) in [5.74, 6) is 1.65. The maximum atomic E-state index is 9.19. The van der Waals surface area contributed by atoms with Crippen LogP contribution in [0.3, 0.4) is 0 Å². The van der Waals surface area contributed by atoms with Gasteiger partial charge in [0.1, 0.15) is 12.4 Å². The molecule has 0 bridgehead atoms. The van der Waals surface area contributed by atoms with Crippen molar-refractivity contribution in [2.24, 2.45) is 0 Å². The van der Waals surface area contributed by atoms with Gasteiger partial charge in [0.2, 0.25) is 0 Å². The van der Waals surface area contributed by atoms with Crippen molar-refractivity contribution in [3.63, 3.8) is 0 Å². The lowest BCUT2D eigenvalue weighted by molar-refractivity contribution is 0.104. The van der Waals surface area contributed by atoms with Gasteiger partial charge in [-0.25, -0.2) is 0 Å². The van der Waals surface area contributed by atoms with Crippen molar-refractivity contribution in [1.29, 1.82) is 0 Å². The van der Waals surface area contributed by atoms with E-state index < -0.39 is 0 Å². The highest BCUT2D eigenvalue weighted by molar-refractivity contribution is 4.95. The molecule has 1 N–H and O–H groups in total. The van der Waals surface area contributed by atoms with E-state index in [1.54, 1.807) is 0 Å². The Kier molecular flexibility index (Phi) is 4.50. The van der Waals surface area contributed by atoms with Gasteiger partial charge in [-0.1, -0.05) is 6.92 Å². The fourth-order valence-corrected chi connectivity index (χ4v) is 2.32. The number of aromatic nitrogens is 3. The van der Waals surface area contributed by atoms with E-state index in [-0.39, 0.29) is 6.61 Å². The van der Waals surface area contributed by atoms with Gasteiger partial charge in [-0.05, 0) is 25.7 Å². The quantitative estimate of drug-likeness (QED) is 0.812. The molecule has 1 aromatic rings. The molecular formula is C12H21N3O2. The second-order valence-corrected chi connectivity index (χ2v) is 4.52. The van der Waals surface area contributed by atoms with Gasteiger partial charge in [0, 0.05) is 19.6 Å². The molecule has 1 fully saturated rings. The van der Waals surface area contributed by atoms with Gasteiger partial charge in [-0.2, -0.15) is 0 Å². The van der Waals surface area contributed by atoms with E-state index in [0.717, 1.165) is 44.7 Å². The molecule has 1 atom stereocenters. The highest BCUT2D eigenvalue weighted by Crippen LogP contribution is 2.17. The average Bonchev–Trinajstić information content (AvgIpc) is 2.96. The normalized spacial score (nSPS) is 20.0. The Morgan fingerprint density at radius 1 is 1.41 bits per heavy atom. The second kappa shape index (κ2) is 6.12. The SMILES string of the molecule is CCCn1c(CO)nnc1CCC1CCCO1. The summed E-state index contributed by atoms with van der Waals surface area (Å²) in [4.78, 5) is 0. The summed E-state index contributed by atoms with van der Waals surface area (Å²) in [6.07, 6.45) is 5.64. The highest BCUT2D eigenvalue weighted by Gasteiger charge is 2.17. The minimum Gasteiger partial charge on any atom is -0.388 e. The molecule has 0 spiro atoms. The Bertz CT molecular complexity index is 346. The van der Waals surface area contributed by atoms with Crippen molar-refractivity contribution in [2.45, 2.75) is 58.3 Å². The van der Waals surface area contributed by atoms with Gasteiger partial charge >= 0.3 is 0 Å². The lowest BCUT2D eigenvalue weighted by Crippen LogP contribution is -2.11. The molecule has 1 unspecified atom stereocenters. The molecule has 1 aliphatic rings. The smallest absolute Gasteiger partial charge is 0.158 e. The van der Waals surface area contributed by atoms with E-state index >= 15 is 0 Å². The summed E-state index contributed by atoms with van der Waals surface area (Å²) in [7, 11) is 0. The highest BCUT2D eigenvalue weighted by atomic mass is 16.5. The number of ether oxygens (including phenoxy) is 1. The molecule has 2 heterocycles. The average molecular weight is 239 g/mol. The van der Waals surface area contributed by atoms with Crippen LogP contribution in [0.4, 0.5) is 0 Å². The van der Waals surface area contributed by atoms with Crippen LogP contribution >= 0.6 is 0 Å². The van der Waals surface area contributed by atoms with E-state index in [1.165, 1.54) is 6.42 Å². The number of hydrogen-bond acceptors (Lipinski definition) is 4. The Hall–Kier alpha value is -0.940. The number of aryl methyl sites for hydroxylation is 1. The van der Waals surface area contributed by atoms with Crippen LogP contribution in [0, 0.1) is 0 Å². The molecular weight excluding hydrogens is 218 g/mol. The van der Waals surface area contributed by atoms with E-state index in [4.69, 9.17) is 4.74 Å². The number of nitrogens with zero attached hydrogens (tertiary/aromatic N) is 3. The molecule has 17 heavy (non-hydrogen) atoms. The first-order valence-electron chi connectivity index (χ1n) is 6.48. The zero-order valence-corrected chi connectivity index (χ0v) is 10.4. The van der Waals surface area contributed by atoms with Crippen LogP contribution in [0.2, 0.25) is 0 Å². The second-order valence-electron chi connectivity index (χ2n) is 4.52. The van der Waals surface area contributed by atoms with Crippen molar-refractivity contribution in [3.05, 3.63) is 11.6 Å². The lowest BCUT2D eigenvalue weighted by Gasteiger charge is -2.10. The van der Waals surface area contributed by atoms with Crippen molar-refractivity contribution in [2.75, 3.05) is 6.61 Å². The largest absolute Gasteiger partial charge is 0.388 e. The van der Waals surface area contributed by atoms with Crippen molar-refractivity contribution in [1.82, 2.24) is 14.8 Å². The summed E-state index contributed by atoms with van der Waals surface area (Å²) >= 11 is 0. The molecule has 96 valence electrons. The summed E-state index contributed by atoms with van der Waals surface area (Å²) in [5.41, 5.74) is 0. The van der Waals surface area contributed by atoms with Crippen molar-refractivity contribution < 1.29 is 9.84 Å². The van der Waals surface area contributed by atoms with E-state index in [1.807, 2.05) is 4.57 Å². The summed E-state index contributed by atoms with van der Waals surface area (Å²) in [6, 6.07) is 0. The van der Waals surface area contributed by atoms with Gasteiger partial charge in [0.05, 0.1) is 6.10 Å². The first-order valence-corrected chi connectivity index (χ1v) is 6.48. The third kappa shape index (κ3) is 3.04. The minimum atomic E-state index is -0.0348. The van der Waals surface area contributed by atoms with Gasteiger partial charge < -0.3 is 14.4 Å². The number of hydrogen-bond donors (Lipinski definition) is 1. The fourth-order valence-electron chi connectivity index (χ4n) is 2.32. The maximum absolute atomic E-state index is 9.19. The monoisotopic (exact) mass is 239 g/mol. The zero-order valence-electron chi connectivity index (χ0n) is 10.4. The first-order chi connectivity index (χ1) is 8.35. The standard InChI is InChI=1S/C12H21N3O2/c1-2-7-15-11(13-14-12(15)9-16)6-5-10-4-3-8-17-10/h10,16H,2-9H2,1H3. The van der Waals surface area contributed by atoms with Crippen LogP contribution in [-0.2, 0) is 24.3 Å². The molecule has 1 aromatic heterocycles. The van der Waals surface area contributed by atoms with Crippen LogP contribution in [-0.4, -0.2) is 32.6 Å². The lowest BCUT2D eigenvalue weighted by atomic mass is 10.1. The van der Waals surface area contributed by atoms with E-state index in [0.29, 0.717) is 11.9 Å². The van der Waals surface area contributed by atoms with Crippen LogP contribution in [0.1, 0.15) is 44.3 Å². The summed E-state index contributed by atoms with van der Waals surface area (Å²) < 4.78 is 7.64. The predicted molar refractivity (Wildman–Crippen MR) is 63.5 cm³/mol. The molecule has 2 rings (SSSR count). The van der Waals surface area contributed by atoms with Gasteiger partial charge in [0.25, 0.3) is 0 Å². The Morgan fingerprint density at radius 2 is 2.24 bits per heavy atom. The Labute approximate surface area is 102 Å². The Morgan fingerprint density at radius 3 is 2.88 bits per heavy atom. The Balaban J connectivity index is 1.96. The van der Waals surface area contributed by atoms with Gasteiger partial charge in [-0.3, -0.25) is 0 Å². The van der Waals surface area contributed by atoms with Crippen molar-refractivity contribution >= 4 is 0 Å². The summed E-state index contributed by atoms with van der Waals surface area (Å²) in [5, 5.41) is 17.4. The molecule has 1 saturated heterocycles. The van der Waals surface area contributed by atoms with Gasteiger partial charge in [0.15, 0.2) is 5.82 Å². The van der Waals surface area contributed by atoms with Crippen LogP contribution < -0.4 is 0 Å². The molecule has 5 heteroatoms. The number of rotatable bonds is 6. The zero-order chi connectivity index (χ0) is 12.1. The third-order valence-corrected chi connectivity index (χ3v) is 3.21. The molecule has 1 aliphatic heterocycles. The maximum Gasteiger partial charge on any atom is 0.158 e. The molecule has 0 aliphatic carbocycles. The van der Waals surface area contributed by atoms with Crippen LogP contribution in [0.15, 0.2) is 0 Å². The fraction of sp³-hybridized carbons (Fsp3) is 0.833. The van der Waals surface area contributed by atoms with E-state index in [9.17, 15) is 5.11 Å². The molecule has 5 nitrogen and oxygen atoms in total. The molecule has 0 saturated carbocycles. The molecule has 0 amide bonds. The molecule has 0 radical (unpaired) electrons. The predicted octanol–water partition coefficient (Wildman–Crippen LogP) is 1.29. The number of aliphatic hydroxyl groups excluding tert-OH is 1. The van der Waals surface area contributed by atoms with Crippen LogP contribution in [0.25, 0.3) is 0 Å². The minimum absolute atomic E-state index is 0.0348. The topological polar surface area (TPSA) is 60.2 Å². The third-order valence-electron chi connectivity index (χ3n) is 3.21. The van der Waals surface area contributed by atoms with E-state index in [2.05, 4.69) is 17.1 Å². The van der Waals surface area contributed by atoms with Crippen molar-refractivity contribution in [3.8, 4) is 0 Å². The summed E-state index contributed by atoms with van der Waals surface area (Å²) in [6.45, 7) is 3.86. The number of aliphatic hydroxyl groups is 1. The van der Waals surface area contributed by atoms with Gasteiger partial charge in [-0.15, -0.1) is 10.2 Å². The molecule has 0 aromatic carbocycles. The first kappa shape index (κ1) is 12.5.